The largest absolute Gasteiger partial charge is 0.492 e. The highest BCUT2D eigenvalue weighted by Gasteiger charge is 2.12. The van der Waals surface area contributed by atoms with E-state index in [1.807, 2.05) is 13.1 Å². The molecule has 21 heavy (non-hydrogen) atoms. The van der Waals surface area contributed by atoms with Crippen molar-refractivity contribution in [3.05, 3.63) is 59.4 Å². The highest BCUT2D eigenvalue weighted by molar-refractivity contribution is 5.29. The number of hydrogen-bond donors (Lipinski definition) is 1. The molecule has 0 aliphatic carbocycles. The number of ether oxygens (including phenoxy) is 1. The maximum absolute atomic E-state index is 5.55. The van der Waals surface area contributed by atoms with Gasteiger partial charge in [0.15, 0.2) is 0 Å². The molecule has 0 bridgehead atoms. The normalized spacial score (nSPS) is 12.1. The lowest BCUT2D eigenvalue weighted by atomic mass is 9.99. The minimum Gasteiger partial charge on any atom is -0.492 e. The molecule has 1 heterocycles. The number of aromatic nitrogens is 1. The van der Waals surface area contributed by atoms with Gasteiger partial charge in [0, 0.05) is 12.2 Å². The molecule has 0 saturated heterocycles. The van der Waals surface area contributed by atoms with Gasteiger partial charge in [0.25, 0.3) is 0 Å². The summed E-state index contributed by atoms with van der Waals surface area (Å²) in [5, 5.41) is 3.54. The molecule has 112 valence electrons. The van der Waals surface area contributed by atoms with Crippen LogP contribution in [0, 0.1) is 6.92 Å². The Kier molecular flexibility index (Phi) is 5.76. The molecule has 0 radical (unpaired) electrons. The number of hydrogen-bond acceptors (Lipinski definition) is 3. The molecule has 2 rings (SSSR count). The van der Waals surface area contributed by atoms with Gasteiger partial charge in [0.1, 0.15) is 5.75 Å². The number of nitrogens with one attached hydrogen (secondary N) is 1. The van der Waals surface area contributed by atoms with E-state index in [0.717, 1.165) is 18.7 Å². The maximum atomic E-state index is 5.55. The van der Waals surface area contributed by atoms with Gasteiger partial charge in [0.2, 0.25) is 0 Å². The van der Waals surface area contributed by atoms with E-state index in [0.29, 0.717) is 6.61 Å². The first-order chi connectivity index (χ1) is 10.2. The SMILES string of the molecule is CCNC(Cc1ccc(C)cc1)c1cncc(OCC)c1. The van der Waals surface area contributed by atoms with Crippen molar-refractivity contribution in [1.82, 2.24) is 10.3 Å². The zero-order valence-corrected chi connectivity index (χ0v) is 13.1. The smallest absolute Gasteiger partial charge is 0.137 e. The summed E-state index contributed by atoms with van der Waals surface area (Å²) in [6.07, 6.45) is 4.64. The minimum absolute atomic E-state index is 0.255. The summed E-state index contributed by atoms with van der Waals surface area (Å²) >= 11 is 0. The zero-order chi connectivity index (χ0) is 15.1. The van der Waals surface area contributed by atoms with Crippen LogP contribution in [0.15, 0.2) is 42.7 Å². The first kappa shape index (κ1) is 15.5. The molecule has 0 saturated carbocycles. The predicted molar refractivity (Wildman–Crippen MR) is 86.7 cm³/mol. The Balaban J connectivity index is 2.17. The molecule has 1 aromatic heterocycles. The van der Waals surface area contributed by atoms with Crippen LogP contribution in [0.2, 0.25) is 0 Å². The van der Waals surface area contributed by atoms with Crippen molar-refractivity contribution in [3.8, 4) is 5.75 Å². The summed E-state index contributed by atoms with van der Waals surface area (Å²) in [6.45, 7) is 7.81. The van der Waals surface area contributed by atoms with Crippen LogP contribution in [0.3, 0.4) is 0 Å². The lowest BCUT2D eigenvalue weighted by molar-refractivity contribution is 0.338. The third kappa shape index (κ3) is 4.57. The highest BCUT2D eigenvalue weighted by Crippen LogP contribution is 2.21. The summed E-state index contributed by atoms with van der Waals surface area (Å²) < 4.78 is 5.55. The van der Waals surface area contributed by atoms with Crippen molar-refractivity contribution in [1.29, 1.82) is 0 Å². The van der Waals surface area contributed by atoms with Gasteiger partial charge in [-0.25, -0.2) is 0 Å². The number of likely N-dealkylation sites (N-methyl/N-ethyl adjacent to an activating group) is 1. The van der Waals surface area contributed by atoms with Crippen molar-refractivity contribution in [2.45, 2.75) is 33.2 Å². The van der Waals surface area contributed by atoms with E-state index in [9.17, 15) is 0 Å². The van der Waals surface area contributed by atoms with Gasteiger partial charge in [-0.05, 0) is 44.0 Å². The first-order valence-corrected chi connectivity index (χ1v) is 7.59. The van der Waals surface area contributed by atoms with Crippen LogP contribution in [0.25, 0.3) is 0 Å². The fraction of sp³-hybridized carbons (Fsp3) is 0.389. The number of benzene rings is 1. The van der Waals surface area contributed by atoms with E-state index in [1.54, 1.807) is 6.20 Å². The zero-order valence-electron chi connectivity index (χ0n) is 13.1. The van der Waals surface area contributed by atoms with Gasteiger partial charge < -0.3 is 10.1 Å². The van der Waals surface area contributed by atoms with Crippen LogP contribution < -0.4 is 10.1 Å². The topological polar surface area (TPSA) is 34.2 Å². The molecule has 0 spiro atoms. The van der Waals surface area contributed by atoms with Gasteiger partial charge in [-0.3, -0.25) is 4.98 Å². The highest BCUT2D eigenvalue weighted by atomic mass is 16.5. The molecule has 1 aromatic carbocycles. The average Bonchev–Trinajstić information content (AvgIpc) is 2.50. The average molecular weight is 284 g/mol. The Morgan fingerprint density at radius 2 is 1.90 bits per heavy atom. The lowest BCUT2D eigenvalue weighted by Crippen LogP contribution is -2.23. The van der Waals surface area contributed by atoms with Crippen LogP contribution in [0.1, 0.15) is 36.6 Å². The first-order valence-electron chi connectivity index (χ1n) is 7.59. The Morgan fingerprint density at radius 3 is 2.57 bits per heavy atom. The molecule has 1 N–H and O–H groups in total. The molecule has 0 aliphatic heterocycles. The standard InChI is InChI=1S/C18H24N2O/c1-4-20-18(10-15-8-6-14(3)7-9-15)16-11-17(21-5-2)13-19-12-16/h6-9,11-13,18,20H,4-5,10H2,1-3H3. The van der Waals surface area contributed by atoms with E-state index in [2.05, 4.69) is 54.5 Å². The van der Waals surface area contributed by atoms with Crippen molar-refractivity contribution < 1.29 is 4.74 Å². The van der Waals surface area contributed by atoms with Crippen LogP contribution in [-0.2, 0) is 6.42 Å². The molecule has 3 heteroatoms. The number of aryl methyl sites for hydroxylation is 1. The number of rotatable bonds is 7. The minimum atomic E-state index is 0.255. The summed E-state index contributed by atoms with van der Waals surface area (Å²) in [5.41, 5.74) is 3.79. The summed E-state index contributed by atoms with van der Waals surface area (Å²) in [7, 11) is 0. The number of nitrogens with zero attached hydrogens (tertiary/aromatic N) is 1. The van der Waals surface area contributed by atoms with Crippen LogP contribution in [-0.4, -0.2) is 18.1 Å². The molecule has 3 nitrogen and oxygen atoms in total. The van der Waals surface area contributed by atoms with Gasteiger partial charge in [-0.15, -0.1) is 0 Å². The number of pyridine rings is 1. The van der Waals surface area contributed by atoms with Crippen molar-refractivity contribution >= 4 is 0 Å². The Bertz CT molecular complexity index is 551. The maximum Gasteiger partial charge on any atom is 0.137 e. The third-order valence-corrected chi connectivity index (χ3v) is 3.46. The second-order valence-electron chi connectivity index (χ2n) is 5.19. The summed E-state index contributed by atoms with van der Waals surface area (Å²) in [5.74, 6) is 0.835. The van der Waals surface area contributed by atoms with Crippen LogP contribution in [0.4, 0.5) is 0 Å². The molecular weight excluding hydrogens is 260 g/mol. The van der Waals surface area contributed by atoms with E-state index >= 15 is 0 Å². The molecule has 2 aromatic rings. The van der Waals surface area contributed by atoms with Gasteiger partial charge in [-0.2, -0.15) is 0 Å². The fourth-order valence-corrected chi connectivity index (χ4v) is 2.39. The molecule has 1 unspecified atom stereocenters. The molecule has 0 aliphatic rings. The monoisotopic (exact) mass is 284 g/mol. The van der Waals surface area contributed by atoms with Crippen molar-refractivity contribution in [2.75, 3.05) is 13.2 Å². The molecule has 0 fully saturated rings. The Hall–Kier alpha value is -1.87. The Labute approximate surface area is 127 Å². The summed E-state index contributed by atoms with van der Waals surface area (Å²) in [4.78, 5) is 4.30. The Morgan fingerprint density at radius 1 is 1.14 bits per heavy atom. The quantitative estimate of drug-likeness (QED) is 0.842. The van der Waals surface area contributed by atoms with Gasteiger partial charge in [0.05, 0.1) is 12.8 Å². The third-order valence-electron chi connectivity index (χ3n) is 3.46. The fourth-order valence-electron chi connectivity index (χ4n) is 2.39. The second kappa shape index (κ2) is 7.79. The summed E-state index contributed by atoms with van der Waals surface area (Å²) in [6, 6.07) is 11.0. The second-order valence-corrected chi connectivity index (χ2v) is 5.19. The van der Waals surface area contributed by atoms with Crippen LogP contribution in [0.5, 0.6) is 5.75 Å². The van der Waals surface area contributed by atoms with Gasteiger partial charge in [-0.1, -0.05) is 36.8 Å². The molecular formula is C18H24N2O. The van der Waals surface area contributed by atoms with Gasteiger partial charge >= 0.3 is 0 Å². The molecule has 0 amide bonds. The van der Waals surface area contributed by atoms with Crippen molar-refractivity contribution in [2.24, 2.45) is 0 Å². The van der Waals surface area contributed by atoms with Crippen molar-refractivity contribution in [3.63, 3.8) is 0 Å². The van der Waals surface area contributed by atoms with E-state index in [4.69, 9.17) is 4.74 Å². The molecule has 1 atom stereocenters. The van der Waals surface area contributed by atoms with E-state index in [1.165, 1.54) is 16.7 Å². The van der Waals surface area contributed by atoms with Crippen LogP contribution >= 0.6 is 0 Å². The van der Waals surface area contributed by atoms with E-state index in [-0.39, 0.29) is 6.04 Å². The predicted octanol–water partition coefficient (Wildman–Crippen LogP) is 3.68. The lowest BCUT2D eigenvalue weighted by Gasteiger charge is -2.19. The van der Waals surface area contributed by atoms with E-state index < -0.39 is 0 Å².